The van der Waals surface area contributed by atoms with Gasteiger partial charge < -0.3 is 10.6 Å². The molecule has 0 aliphatic rings. The molecule has 0 radical (unpaired) electrons. The second kappa shape index (κ2) is 14.8. The molecule has 0 rings (SSSR count). The highest BCUT2D eigenvalue weighted by Gasteiger charge is 2.11. The predicted molar refractivity (Wildman–Crippen MR) is 87.8 cm³/mol. The molecule has 120 valence electrons. The molecule has 20 heavy (non-hydrogen) atoms. The first kappa shape index (κ1) is 19.4. The molecule has 0 saturated heterocycles. The average Bonchev–Trinajstić information content (AvgIpc) is 2.46. The summed E-state index contributed by atoms with van der Waals surface area (Å²) in [5.41, 5.74) is 5.47. The number of carbonyl (C=O) groups is 1. The van der Waals surface area contributed by atoms with E-state index in [4.69, 9.17) is 5.73 Å². The van der Waals surface area contributed by atoms with Gasteiger partial charge in [0.1, 0.15) is 0 Å². The summed E-state index contributed by atoms with van der Waals surface area (Å²) in [5.74, 6) is 0.369. The molecule has 3 heteroatoms. The van der Waals surface area contributed by atoms with Gasteiger partial charge in [0.05, 0.1) is 0 Å². The number of rotatable bonds is 14. The van der Waals surface area contributed by atoms with Crippen molar-refractivity contribution < 1.29 is 4.79 Å². The molecule has 2 N–H and O–H groups in total. The fourth-order valence-corrected chi connectivity index (χ4v) is 2.34. The number of carbonyl (C=O) groups excluding carboxylic acids is 1. The zero-order chi connectivity index (χ0) is 15.1. The first-order valence-electron chi connectivity index (χ1n) is 8.74. The van der Waals surface area contributed by atoms with E-state index < -0.39 is 0 Å². The maximum absolute atomic E-state index is 12.2. The van der Waals surface area contributed by atoms with E-state index in [-0.39, 0.29) is 0 Å². The van der Waals surface area contributed by atoms with Gasteiger partial charge in [0.15, 0.2) is 0 Å². The second-order valence-corrected chi connectivity index (χ2v) is 5.75. The van der Waals surface area contributed by atoms with Gasteiger partial charge in [-0.2, -0.15) is 0 Å². The third-order valence-electron chi connectivity index (χ3n) is 3.76. The summed E-state index contributed by atoms with van der Waals surface area (Å²) in [6.07, 6.45) is 12.5. The Morgan fingerprint density at radius 2 is 1.30 bits per heavy atom. The van der Waals surface area contributed by atoms with E-state index in [1.807, 2.05) is 0 Å². The van der Waals surface area contributed by atoms with E-state index in [1.54, 1.807) is 0 Å². The molecular weight excluding hydrogens is 248 g/mol. The Morgan fingerprint density at radius 1 is 0.800 bits per heavy atom. The van der Waals surface area contributed by atoms with Crippen LogP contribution in [-0.2, 0) is 4.79 Å². The Bertz CT molecular complexity index is 211. The number of nitrogens with zero attached hydrogens (tertiary/aromatic N) is 1. The van der Waals surface area contributed by atoms with E-state index in [1.165, 1.54) is 25.7 Å². The lowest BCUT2D eigenvalue weighted by molar-refractivity contribution is -0.131. The van der Waals surface area contributed by atoms with Crippen LogP contribution >= 0.6 is 0 Å². The van der Waals surface area contributed by atoms with Crippen LogP contribution in [0.4, 0.5) is 0 Å². The van der Waals surface area contributed by atoms with Gasteiger partial charge in [-0.1, -0.05) is 52.4 Å². The van der Waals surface area contributed by atoms with Gasteiger partial charge in [-0.05, 0) is 32.2 Å². The topological polar surface area (TPSA) is 46.3 Å². The molecule has 0 aliphatic carbocycles. The maximum atomic E-state index is 12.2. The maximum Gasteiger partial charge on any atom is 0.222 e. The van der Waals surface area contributed by atoms with Crippen LogP contribution in [0.5, 0.6) is 0 Å². The van der Waals surface area contributed by atoms with E-state index in [0.29, 0.717) is 5.91 Å². The second-order valence-electron chi connectivity index (χ2n) is 5.75. The van der Waals surface area contributed by atoms with Crippen LogP contribution in [0.2, 0.25) is 0 Å². The van der Waals surface area contributed by atoms with Crippen LogP contribution in [-0.4, -0.2) is 30.4 Å². The predicted octanol–water partition coefficient (Wildman–Crippen LogP) is 4.10. The smallest absolute Gasteiger partial charge is 0.222 e. The monoisotopic (exact) mass is 284 g/mol. The minimum absolute atomic E-state index is 0.369. The Hall–Kier alpha value is -0.570. The normalized spacial score (nSPS) is 10.8. The van der Waals surface area contributed by atoms with Crippen molar-refractivity contribution in [3.8, 4) is 0 Å². The van der Waals surface area contributed by atoms with Crippen molar-refractivity contribution in [2.75, 3.05) is 19.6 Å². The zero-order valence-corrected chi connectivity index (χ0v) is 13.8. The average molecular weight is 284 g/mol. The SMILES string of the molecule is CCCCN(CCCC)C(=O)CCCCCCCCN. The molecule has 0 saturated carbocycles. The fraction of sp³-hybridized carbons (Fsp3) is 0.941. The van der Waals surface area contributed by atoms with Crippen LogP contribution in [0, 0.1) is 0 Å². The van der Waals surface area contributed by atoms with E-state index in [0.717, 1.165) is 64.6 Å². The summed E-state index contributed by atoms with van der Waals surface area (Å²) in [4.78, 5) is 14.3. The Kier molecular flexibility index (Phi) is 14.4. The van der Waals surface area contributed by atoms with Gasteiger partial charge in [-0.25, -0.2) is 0 Å². The number of amides is 1. The van der Waals surface area contributed by atoms with Crippen LogP contribution < -0.4 is 5.73 Å². The van der Waals surface area contributed by atoms with Crippen molar-refractivity contribution in [1.29, 1.82) is 0 Å². The van der Waals surface area contributed by atoms with Gasteiger partial charge in [-0.15, -0.1) is 0 Å². The molecule has 3 nitrogen and oxygen atoms in total. The summed E-state index contributed by atoms with van der Waals surface area (Å²) in [5, 5.41) is 0. The molecular formula is C17H36N2O. The van der Waals surface area contributed by atoms with Crippen molar-refractivity contribution in [2.24, 2.45) is 5.73 Å². The number of hydrogen-bond donors (Lipinski definition) is 1. The number of hydrogen-bond acceptors (Lipinski definition) is 2. The van der Waals surface area contributed by atoms with Gasteiger partial charge in [-0.3, -0.25) is 4.79 Å². The molecule has 0 unspecified atom stereocenters. The number of unbranched alkanes of at least 4 members (excludes halogenated alkanes) is 7. The first-order valence-corrected chi connectivity index (χ1v) is 8.74. The highest BCUT2D eigenvalue weighted by Crippen LogP contribution is 2.09. The van der Waals surface area contributed by atoms with E-state index in [2.05, 4.69) is 18.7 Å². The van der Waals surface area contributed by atoms with Crippen molar-refractivity contribution >= 4 is 5.91 Å². The molecule has 0 spiro atoms. The standard InChI is InChI=1S/C17H36N2O/c1-3-5-15-19(16-6-4-2)17(20)13-11-9-7-8-10-12-14-18/h3-16,18H2,1-2H3. The molecule has 0 atom stereocenters. The van der Waals surface area contributed by atoms with Gasteiger partial charge >= 0.3 is 0 Å². The molecule has 0 fully saturated rings. The minimum Gasteiger partial charge on any atom is -0.343 e. The van der Waals surface area contributed by atoms with Crippen molar-refractivity contribution in [1.82, 2.24) is 4.90 Å². The first-order chi connectivity index (χ1) is 9.76. The summed E-state index contributed by atoms with van der Waals surface area (Å²) in [7, 11) is 0. The van der Waals surface area contributed by atoms with Crippen LogP contribution in [0.15, 0.2) is 0 Å². The quantitative estimate of drug-likeness (QED) is 0.488. The lowest BCUT2D eigenvalue weighted by Crippen LogP contribution is -2.32. The molecule has 0 aromatic heterocycles. The van der Waals surface area contributed by atoms with Crippen LogP contribution in [0.25, 0.3) is 0 Å². The Balaban J connectivity index is 3.71. The summed E-state index contributed by atoms with van der Waals surface area (Å²) in [6, 6.07) is 0. The number of nitrogens with two attached hydrogens (primary N) is 1. The lowest BCUT2D eigenvalue weighted by atomic mass is 10.1. The zero-order valence-electron chi connectivity index (χ0n) is 13.8. The van der Waals surface area contributed by atoms with Crippen molar-refractivity contribution in [2.45, 2.75) is 84.5 Å². The molecule has 0 aromatic carbocycles. The molecule has 0 bridgehead atoms. The highest BCUT2D eigenvalue weighted by atomic mass is 16.2. The van der Waals surface area contributed by atoms with E-state index >= 15 is 0 Å². The minimum atomic E-state index is 0.369. The summed E-state index contributed by atoms with van der Waals surface area (Å²) >= 11 is 0. The van der Waals surface area contributed by atoms with Gasteiger partial charge in [0, 0.05) is 19.5 Å². The van der Waals surface area contributed by atoms with E-state index in [9.17, 15) is 4.79 Å². The van der Waals surface area contributed by atoms with Crippen molar-refractivity contribution in [3.63, 3.8) is 0 Å². The molecule has 0 aromatic rings. The fourth-order valence-electron chi connectivity index (χ4n) is 2.34. The third-order valence-corrected chi connectivity index (χ3v) is 3.76. The summed E-state index contributed by atoms with van der Waals surface area (Å²) < 4.78 is 0. The van der Waals surface area contributed by atoms with Crippen LogP contribution in [0.1, 0.15) is 84.5 Å². The van der Waals surface area contributed by atoms with Crippen LogP contribution in [0.3, 0.4) is 0 Å². The Morgan fingerprint density at radius 3 is 1.80 bits per heavy atom. The Labute approximate surface area is 126 Å². The molecule has 0 heterocycles. The third kappa shape index (κ3) is 11.3. The highest BCUT2D eigenvalue weighted by molar-refractivity contribution is 5.76. The van der Waals surface area contributed by atoms with Crippen molar-refractivity contribution in [3.05, 3.63) is 0 Å². The molecule has 0 aliphatic heterocycles. The molecule has 1 amide bonds. The lowest BCUT2D eigenvalue weighted by Gasteiger charge is -2.22. The van der Waals surface area contributed by atoms with Gasteiger partial charge in [0.2, 0.25) is 5.91 Å². The largest absolute Gasteiger partial charge is 0.343 e. The van der Waals surface area contributed by atoms with Gasteiger partial charge in [0.25, 0.3) is 0 Å². The summed E-state index contributed by atoms with van der Waals surface area (Å²) in [6.45, 7) is 7.08.